The number of nitrogens with two attached hydrogens (primary N) is 1. The summed E-state index contributed by atoms with van der Waals surface area (Å²) in [6.07, 6.45) is 2.42. The second-order valence-electron chi connectivity index (χ2n) is 6.04. The normalized spacial score (nSPS) is 14.6. The van der Waals surface area contributed by atoms with E-state index >= 15 is 0 Å². The highest BCUT2D eigenvalue weighted by atomic mass is 16.5. The van der Waals surface area contributed by atoms with Crippen molar-refractivity contribution in [1.29, 1.82) is 0 Å². The summed E-state index contributed by atoms with van der Waals surface area (Å²) in [6.45, 7) is 4.53. The van der Waals surface area contributed by atoms with Crippen LogP contribution in [0, 0.1) is 5.92 Å². The van der Waals surface area contributed by atoms with Gasteiger partial charge in [0, 0.05) is 12.5 Å². The maximum absolute atomic E-state index is 12.0. The molecule has 0 radical (unpaired) electrons. The van der Waals surface area contributed by atoms with Crippen LogP contribution in [-0.2, 0) is 14.3 Å². The van der Waals surface area contributed by atoms with Crippen molar-refractivity contribution in [3.05, 3.63) is 29.8 Å². The van der Waals surface area contributed by atoms with Gasteiger partial charge in [0.1, 0.15) is 0 Å². The molecule has 0 saturated heterocycles. The predicted molar refractivity (Wildman–Crippen MR) is 93.5 cm³/mol. The lowest BCUT2D eigenvalue weighted by Gasteiger charge is -2.18. The number of hydrogen-bond donors (Lipinski definition) is 2. The minimum atomic E-state index is -1.12. The van der Waals surface area contributed by atoms with Crippen molar-refractivity contribution in [3.8, 4) is 11.5 Å². The van der Waals surface area contributed by atoms with Crippen molar-refractivity contribution in [1.82, 2.24) is 5.32 Å². The van der Waals surface area contributed by atoms with Crippen LogP contribution in [0.15, 0.2) is 24.3 Å². The number of imide groups is 1. The van der Waals surface area contributed by atoms with Gasteiger partial charge in [-0.2, -0.15) is 0 Å². The Morgan fingerprint density at radius 3 is 2.54 bits per heavy atom. The first-order valence-corrected chi connectivity index (χ1v) is 8.25. The molecule has 0 spiro atoms. The van der Waals surface area contributed by atoms with E-state index in [9.17, 15) is 14.4 Å². The van der Waals surface area contributed by atoms with Gasteiger partial charge in [0.2, 0.25) is 0 Å². The van der Waals surface area contributed by atoms with Crippen molar-refractivity contribution in [2.24, 2.45) is 11.7 Å². The molecule has 0 aliphatic carbocycles. The van der Waals surface area contributed by atoms with Gasteiger partial charge in [-0.15, -0.1) is 0 Å². The fourth-order valence-corrected chi connectivity index (χ4v) is 2.30. The van der Waals surface area contributed by atoms with Gasteiger partial charge in [-0.3, -0.25) is 10.1 Å². The molecule has 1 aromatic rings. The largest absolute Gasteiger partial charge is 0.490 e. The van der Waals surface area contributed by atoms with Crippen molar-refractivity contribution in [2.75, 3.05) is 13.2 Å². The summed E-state index contributed by atoms with van der Waals surface area (Å²) in [6, 6.07) is 4.30. The Balaban J connectivity index is 2.02. The number of primary amides is 1. The molecule has 0 unspecified atom stereocenters. The number of benzene rings is 1. The SMILES string of the molecule is CC(C)[C@@H](OC(=O)/C=C/c1ccc2c(c1)OCCCO2)C(=O)NC(N)=O. The average Bonchev–Trinajstić information content (AvgIpc) is 2.81. The number of rotatable bonds is 5. The number of ether oxygens (including phenoxy) is 3. The van der Waals surface area contributed by atoms with Gasteiger partial charge in [0.15, 0.2) is 17.6 Å². The monoisotopic (exact) mass is 362 g/mol. The zero-order valence-corrected chi connectivity index (χ0v) is 14.7. The molecule has 3 N–H and O–H groups in total. The highest BCUT2D eigenvalue weighted by molar-refractivity contribution is 5.97. The topological polar surface area (TPSA) is 117 Å². The Morgan fingerprint density at radius 2 is 1.88 bits per heavy atom. The van der Waals surface area contributed by atoms with Crippen LogP contribution in [-0.4, -0.2) is 37.2 Å². The van der Waals surface area contributed by atoms with E-state index in [2.05, 4.69) is 0 Å². The van der Waals surface area contributed by atoms with Crippen LogP contribution < -0.4 is 20.5 Å². The summed E-state index contributed by atoms with van der Waals surface area (Å²) in [7, 11) is 0. The molecular weight excluding hydrogens is 340 g/mol. The first-order valence-electron chi connectivity index (χ1n) is 8.25. The summed E-state index contributed by atoms with van der Waals surface area (Å²) in [5, 5.41) is 1.91. The Hall–Kier alpha value is -3.03. The van der Waals surface area contributed by atoms with Gasteiger partial charge in [-0.05, 0) is 29.7 Å². The second-order valence-corrected chi connectivity index (χ2v) is 6.04. The van der Waals surface area contributed by atoms with E-state index in [0.29, 0.717) is 30.3 Å². The molecule has 140 valence electrons. The molecule has 3 amide bonds. The van der Waals surface area contributed by atoms with Crippen molar-refractivity contribution >= 4 is 24.0 Å². The number of esters is 1. The fraction of sp³-hybridized carbons (Fsp3) is 0.389. The van der Waals surface area contributed by atoms with Crippen LogP contribution in [0.5, 0.6) is 11.5 Å². The maximum atomic E-state index is 12.0. The minimum absolute atomic E-state index is 0.329. The second kappa shape index (κ2) is 8.89. The summed E-state index contributed by atoms with van der Waals surface area (Å²) in [5.41, 5.74) is 5.63. The molecule has 0 aromatic heterocycles. The standard InChI is InChI=1S/C18H22N2O6/c1-11(2)16(17(22)20-18(19)23)26-15(21)7-5-12-4-6-13-14(10-12)25-9-3-8-24-13/h4-7,10-11,16H,3,8-9H2,1-2H3,(H3,19,20,22,23)/b7-5+/t16-/m1/s1. The van der Waals surface area contributed by atoms with E-state index in [1.807, 2.05) is 5.32 Å². The third-order valence-electron chi connectivity index (χ3n) is 3.54. The number of carbonyl (C=O) groups excluding carboxylic acids is 3. The molecule has 1 aliphatic heterocycles. The first kappa shape index (κ1) is 19.3. The van der Waals surface area contributed by atoms with Gasteiger partial charge in [0.05, 0.1) is 13.2 Å². The Kier molecular flexibility index (Phi) is 6.60. The van der Waals surface area contributed by atoms with E-state index in [1.165, 1.54) is 6.08 Å². The molecule has 1 aromatic carbocycles. The molecule has 8 nitrogen and oxygen atoms in total. The zero-order chi connectivity index (χ0) is 19.1. The van der Waals surface area contributed by atoms with Crippen LogP contribution in [0.4, 0.5) is 4.79 Å². The van der Waals surface area contributed by atoms with E-state index in [4.69, 9.17) is 19.9 Å². The first-order chi connectivity index (χ1) is 12.4. The number of urea groups is 1. The fourth-order valence-electron chi connectivity index (χ4n) is 2.30. The van der Waals surface area contributed by atoms with Crippen LogP contribution >= 0.6 is 0 Å². The molecule has 1 atom stereocenters. The lowest BCUT2D eigenvalue weighted by molar-refractivity contribution is -0.153. The smallest absolute Gasteiger partial charge is 0.331 e. The summed E-state index contributed by atoms with van der Waals surface area (Å²) in [5.74, 6) is -0.533. The van der Waals surface area contributed by atoms with Crippen molar-refractivity contribution in [3.63, 3.8) is 0 Å². The number of fused-ring (bicyclic) bond motifs is 1. The molecule has 0 bridgehead atoms. The van der Waals surface area contributed by atoms with Crippen LogP contribution in [0.25, 0.3) is 6.08 Å². The Bertz CT molecular complexity index is 714. The van der Waals surface area contributed by atoms with Crippen LogP contribution in [0.2, 0.25) is 0 Å². The summed E-state index contributed by atoms with van der Waals surface area (Å²) in [4.78, 5) is 34.6. The number of amides is 3. The van der Waals surface area contributed by atoms with Gasteiger partial charge in [-0.25, -0.2) is 9.59 Å². The molecule has 1 heterocycles. The van der Waals surface area contributed by atoms with E-state index in [0.717, 1.165) is 6.42 Å². The molecule has 1 aliphatic rings. The molecule has 8 heteroatoms. The third-order valence-corrected chi connectivity index (χ3v) is 3.54. The molecule has 2 rings (SSSR count). The third kappa shape index (κ3) is 5.51. The Morgan fingerprint density at radius 1 is 1.19 bits per heavy atom. The van der Waals surface area contributed by atoms with Crippen molar-refractivity contribution in [2.45, 2.75) is 26.4 Å². The zero-order valence-electron chi connectivity index (χ0n) is 14.7. The number of carbonyl (C=O) groups is 3. The average molecular weight is 362 g/mol. The molecular formula is C18H22N2O6. The highest BCUT2D eigenvalue weighted by Crippen LogP contribution is 2.30. The van der Waals surface area contributed by atoms with Gasteiger partial charge in [0.25, 0.3) is 5.91 Å². The summed E-state index contributed by atoms with van der Waals surface area (Å²) < 4.78 is 16.3. The predicted octanol–water partition coefficient (Wildman–Crippen LogP) is 1.62. The quantitative estimate of drug-likeness (QED) is 0.607. The van der Waals surface area contributed by atoms with E-state index < -0.39 is 24.0 Å². The van der Waals surface area contributed by atoms with Gasteiger partial charge in [-0.1, -0.05) is 19.9 Å². The molecule has 0 saturated carbocycles. The Labute approximate surface area is 151 Å². The number of nitrogens with one attached hydrogen (secondary N) is 1. The van der Waals surface area contributed by atoms with E-state index in [-0.39, 0.29) is 5.92 Å². The minimum Gasteiger partial charge on any atom is -0.490 e. The van der Waals surface area contributed by atoms with Gasteiger partial charge >= 0.3 is 12.0 Å². The lowest BCUT2D eigenvalue weighted by Crippen LogP contribution is -2.45. The lowest BCUT2D eigenvalue weighted by atomic mass is 10.1. The van der Waals surface area contributed by atoms with Crippen LogP contribution in [0.3, 0.4) is 0 Å². The molecule has 0 fully saturated rings. The summed E-state index contributed by atoms with van der Waals surface area (Å²) >= 11 is 0. The van der Waals surface area contributed by atoms with Crippen molar-refractivity contribution < 1.29 is 28.6 Å². The van der Waals surface area contributed by atoms with E-state index in [1.54, 1.807) is 38.1 Å². The van der Waals surface area contributed by atoms with Crippen LogP contribution in [0.1, 0.15) is 25.8 Å². The highest BCUT2D eigenvalue weighted by Gasteiger charge is 2.26. The molecule has 26 heavy (non-hydrogen) atoms. The number of hydrogen-bond acceptors (Lipinski definition) is 6. The van der Waals surface area contributed by atoms with Gasteiger partial charge < -0.3 is 19.9 Å². The maximum Gasteiger partial charge on any atom is 0.331 e.